The summed E-state index contributed by atoms with van der Waals surface area (Å²) in [5.74, 6) is -0.415. The number of esters is 1. The van der Waals surface area contributed by atoms with E-state index in [0.29, 0.717) is 12.9 Å². The van der Waals surface area contributed by atoms with Gasteiger partial charge in [0.1, 0.15) is 0 Å². The molecule has 4 nitrogen and oxygen atoms in total. The van der Waals surface area contributed by atoms with Crippen LogP contribution in [-0.2, 0) is 19.1 Å². The first kappa shape index (κ1) is 16.9. The maximum Gasteiger partial charge on any atom is 0.347 e. The molecule has 4 heteroatoms. The van der Waals surface area contributed by atoms with Crippen molar-refractivity contribution in [1.82, 2.24) is 0 Å². The second-order valence-electron chi connectivity index (χ2n) is 4.61. The van der Waals surface area contributed by atoms with E-state index in [2.05, 4.69) is 13.8 Å². The summed E-state index contributed by atoms with van der Waals surface area (Å²) in [4.78, 5) is 22.2. The van der Waals surface area contributed by atoms with Gasteiger partial charge < -0.3 is 9.47 Å². The van der Waals surface area contributed by atoms with E-state index in [1.54, 1.807) is 0 Å². The SMILES string of the molecule is CCCCCC(OC=O)C(=O)OC(C)CCCC. The van der Waals surface area contributed by atoms with Crippen LogP contribution >= 0.6 is 0 Å². The molecule has 0 aliphatic heterocycles. The van der Waals surface area contributed by atoms with Crippen LogP contribution in [0.3, 0.4) is 0 Å². The smallest absolute Gasteiger partial charge is 0.347 e. The minimum absolute atomic E-state index is 0.110. The summed E-state index contributed by atoms with van der Waals surface area (Å²) in [5.41, 5.74) is 0. The van der Waals surface area contributed by atoms with E-state index in [4.69, 9.17) is 9.47 Å². The lowest BCUT2D eigenvalue weighted by atomic mass is 10.1. The highest BCUT2D eigenvalue weighted by molar-refractivity contribution is 5.76. The maximum atomic E-state index is 11.8. The normalized spacial score (nSPS) is 13.7. The van der Waals surface area contributed by atoms with Crippen molar-refractivity contribution in [3.05, 3.63) is 0 Å². The molecule has 0 aromatic heterocycles. The lowest BCUT2D eigenvalue weighted by Gasteiger charge is -2.18. The van der Waals surface area contributed by atoms with Crippen molar-refractivity contribution in [2.45, 2.75) is 77.9 Å². The molecule has 0 heterocycles. The van der Waals surface area contributed by atoms with Gasteiger partial charge in [-0.15, -0.1) is 0 Å². The third-order valence-electron chi connectivity index (χ3n) is 2.83. The molecule has 0 rings (SSSR count). The number of carbonyl (C=O) groups is 2. The average molecular weight is 258 g/mol. The molecule has 0 saturated carbocycles. The van der Waals surface area contributed by atoms with E-state index in [1.165, 1.54) is 0 Å². The molecule has 0 aromatic carbocycles. The minimum atomic E-state index is -0.738. The van der Waals surface area contributed by atoms with Crippen LogP contribution in [0.4, 0.5) is 0 Å². The highest BCUT2D eigenvalue weighted by Gasteiger charge is 2.22. The fourth-order valence-electron chi connectivity index (χ4n) is 1.71. The van der Waals surface area contributed by atoms with E-state index in [0.717, 1.165) is 38.5 Å². The largest absolute Gasteiger partial charge is 0.460 e. The van der Waals surface area contributed by atoms with Gasteiger partial charge in [-0.3, -0.25) is 4.79 Å². The Labute approximate surface area is 110 Å². The van der Waals surface area contributed by atoms with Crippen molar-refractivity contribution in [2.24, 2.45) is 0 Å². The van der Waals surface area contributed by atoms with Crippen molar-refractivity contribution in [3.63, 3.8) is 0 Å². The molecular weight excluding hydrogens is 232 g/mol. The van der Waals surface area contributed by atoms with E-state index in [1.807, 2.05) is 6.92 Å². The first-order chi connectivity index (χ1) is 8.65. The van der Waals surface area contributed by atoms with Crippen molar-refractivity contribution in [2.75, 3.05) is 0 Å². The van der Waals surface area contributed by atoms with Crippen LogP contribution in [0.1, 0.15) is 65.7 Å². The molecule has 0 spiro atoms. The van der Waals surface area contributed by atoms with Gasteiger partial charge in [-0.1, -0.05) is 39.5 Å². The fourth-order valence-corrected chi connectivity index (χ4v) is 1.71. The Morgan fingerprint density at radius 1 is 1.11 bits per heavy atom. The number of rotatable bonds is 11. The van der Waals surface area contributed by atoms with Crippen LogP contribution in [-0.4, -0.2) is 24.6 Å². The Morgan fingerprint density at radius 2 is 1.78 bits per heavy atom. The van der Waals surface area contributed by atoms with Crippen LogP contribution in [0.5, 0.6) is 0 Å². The summed E-state index contributed by atoms with van der Waals surface area (Å²) in [6, 6.07) is 0. The van der Waals surface area contributed by atoms with Crippen LogP contribution in [0.2, 0.25) is 0 Å². The van der Waals surface area contributed by atoms with E-state index >= 15 is 0 Å². The topological polar surface area (TPSA) is 52.6 Å². The molecule has 0 aromatic rings. The first-order valence-electron chi connectivity index (χ1n) is 6.95. The number of hydrogen-bond donors (Lipinski definition) is 0. The Balaban J connectivity index is 4.07. The molecule has 0 amide bonds. The van der Waals surface area contributed by atoms with Gasteiger partial charge in [0.2, 0.25) is 0 Å². The fraction of sp³-hybridized carbons (Fsp3) is 0.857. The first-order valence-corrected chi connectivity index (χ1v) is 6.95. The molecule has 2 atom stereocenters. The molecule has 0 saturated heterocycles. The van der Waals surface area contributed by atoms with Gasteiger partial charge in [0.15, 0.2) is 6.10 Å². The standard InChI is InChI=1S/C14H26O4/c1-4-6-8-10-13(17-11-15)14(16)18-12(3)9-7-5-2/h11-13H,4-10H2,1-3H3. The van der Waals surface area contributed by atoms with Crippen molar-refractivity contribution < 1.29 is 19.1 Å². The van der Waals surface area contributed by atoms with E-state index in [-0.39, 0.29) is 6.10 Å². The van der Waals surface area contributed by atoms with Crippen molar-refractivity contribution in [1.29, 1.82) is 0 Å². The van der Waals surface area contributed by atoms with Gasteiger partial charge >= 0.3 is 5.97 Å². The average Bonchev–Trinajstić information content (AvgIpc) is 2.35. The van der Waals surface area contributed by atoms with Gasteiger partial charge in [-0.2, -0.15) is 0 Å². The number of carbonyl (C=O) groups excluding carboxylic acids is 2. The molecule has 106 valence electrons. The quantitative estimate of drug-likeness (QED) is 0.324. The monoisotopic (exact) mass is 258 g/mol. The van der Waals surface area contributed by atoms with E-state index < -0.39 is 12.1 Å². The van der Waals surface area contributed by atoms with Gasteiger partial charge in [0.05, 0.1) is 6.10 Å². The third-order valence-corrected chi connectivity index (χ3v) is 2.83. The van der Waals surface area contributed by atoms with Crippen molar-refractivity contribution >= 4 is 12.4 Å². The Morgan fingerprint density at radius 3 is 2.33 bits per heavy atom. The molecule has 0 fully saturated rings. The molecular formula is C14H26O4. The van der Waals surface area contributed by atoms with Crippen LogP contribution < -0.4 is 0 Å². The van der Waals surface area contributed by atoms with Crippen LogP contribution in [0.15, 0.2) is 0 Å². The summed E-state index contributed by atoms with van der Waals surface area (Å²) in [6.07, 6.45) is 5.62. The number of hydrogen-bond acceptors (Lipinski definition) is 4. The molecule has 2 unspecified atom stereocenters. The molecule has 0 N–H and O–H groups in total. The summed E-state index contributed by atoms with van der Waals surface area (Å²) in [6.45, 7) is 6.38. The highest BCUT2D eigenvalue weighted by atomic mass is 16.6. The molecule has 0 aliphatic carbocycles. The second-order valence-corrected chi connectivity index (χ2v) is 4.61. The lowest BCUT2D eigenvalue weighted by Crippen LogP contribution is -2.29. The highest BCUT2D eigenvalue weighted by Crippen LogP contribution is 2.11. The molecule has 0 bridgehead atoms. The Kier molecular flexibility index (Phi) is 10.4. The zero-order valence-corrected chi connectivity index (χ0v) is 11.8. The Bertz CT molecular complexity index is 228. The lowest BCUT2D eigenvalue weighted by molar-refractivity contribution is -0.166. The number of unbranched alkanes of at least 4 members (excludes halogenated alkanes) is 3. The zero-order valence-electron chi connectivity index (χ0n) is 11.8. The van der Waals surface area contributed by atoms with E-state index in [9.17, 15) is 9.59 Å². The minimum Gasteiger partial charge on any atom is -0.460 e. The predicted molar refractivity (Wildman–Crippen MR) is 70.2 cm³/mol. The van der Waals surface area contributed by atoms with Gasteiger partial charge in [-0.05, 0) is 26.2 Å². The molecule has 0 aliphatic rings. The van der Waals surface area contributed by atoms with Crippen LogP contribution in [0.25, 0.3) is 0 Å². The molecule has 18 heavy (non-hydrogen) atoms. The summed E-state index contributed by atoms with van der Waals surface area (Å²) < 4.78 is 10.1. The Hall–Kier alpha value is -1.06. The summed E-state index contributed by atoms with van der Waals surface area (Å²) in [7, 11) is 0. The third kappa shape index (κ3) is 8.09. The van der Waals surface area contributed by atoms with Crippen LogP contribution in [0, 0.1) is 0 Å². The number of ether oxygens (including phenoxy) is 2. The predicted octanol–water partition coefficient (Wildman–Crippen LogP) is 3.23. The van der Waals surface area contributed by atoms with Gasteiger partial charge in [-0.25, -0.2) is 4.79 Å². The van der Waals surface area contributed by atoms with Gasteiger partial charge in [0.25, 0.3) is 6.47 Å². The maximum absolute atomic E-state index is 11.8. The molecule has 0 radical (unpaired) electrons. The second kappa shape index (κ2) is 11.1. The zero-order chi connectivity index (χ0) is 13.8. The summed E-state index contributed by atoms with van der Waals surface area (Å²) >= 11 is 0. The van der Waals surface area contributed by atoms with Crippen molar-refractivity contribution in [3.8, 4) is 0 Å². The summed E-state index contributed by atoms with van der Waals surface area (Å²) in [5, 5.41) is 0. The van der Waals surface area contributed by atoms with Gasteiger partial charge in [0, 0.05) is 0 Å².